The Kier molecular flexibility index (Phi) is 5.27. The average molecular weight is 418 g/mol. The lowest BCUT2D eigenvalue weighted by Gasteiger charge is -2.45. The predicted octanol–water partition coefficient (Wildman–Crippen LogP) is -0.891. The van der Waals surface area contributed by atoms with Crippen molar-refractivity contribution in [2.75, 3.05) is 6.61 Å². The van der Waals surface area contributed by atoms with Crippen molar-refractivity contribution >= 4 is 5.78 Å². The second kappa shape index (κ2) is 7.62. The molecule has 6 atom stereocenters. The molecule has 2 aromatic carbocycles. The highest BCUT2D eigenvalue weighted by molar-refractivity contribution is 6.16. The van der Waals surface area contributed by atoms with E-state index in [0.717, 1.165) is 0 Å². The van der Waals surface area contributed by atoms with Gasteiger partial charge in [-0.3, -0.25) is 4.79 Å². The lowest BCUT2D eigenvalue weighted by molar-refractivity contribution is -0.232. The molecule has 160 valence electrons. The standard InChI is InChI=1S/C21H22O9/c22-6-8-4-10-14(21-20(29)19(28)17(26)13(7-23)30-21)9-2-1-3-11(24)15(9)18(27)16(10)12(25)5-8/h1-5,13-14,17,19-26,28-29H,6-7H2/t13-,14+,17+,19-,20+,21+/m1/s1. The molecule has 4 rings (SSSR count). The van der Waals surface area contributed by atoms with Crippen LogP contribution in [0.2, 0.25) is 0 Å². The molecular formula is C21H22O9. The molecule has 7 N–H and O–H groups in total. The van der Waals surface area contributed by atoms with Crippen LogP contribution in [0.1, 0.15) is 38.5 Å². The van der Waals surface area contributed by atoms with Crippen molar-refractivity contribution in [1.82, 2.24) is 0 Å². The molecule has 9 nitrogen and oxygen atoms in total. The second-order valence-corrected chi connectivity index (χ2v) is 7.58. The van der Waals surface area contributed by atoms with Crippen LogP contribution in [0.3, 0.4) is 0 Å². The Bertz CT molecular complexity index is 987. The first-order valence-corrected chi connectivity index (χ1v) is 9.43. The molecule has 1 aliphatic carbocycles. The summed E-state index contributed by atoms with van der Waals surface area (Å²) < 4.78 is 5.73. The quantitative estimate of drug-likeness (QED) is 0.334. The summed E-state index contributed by atoms with van der Waals surface area (Å²) >= 11 is 0. The van der Waals surface area contributed by atoms with Crippen LogP contribution in [-0.2, 0) is 11.3 Å². The number of aromatic hydroxyl groups is 2. The van der Waals surface area contributed by atoms with E-state index < -0.39 is 61.2 Å². The van der Waals surface area contributed by atoms with Gasteiger partial charge in [0.05, 0.1) is 30.4 Å². The molecule has 1 heterocycles. The van der Waals surface area contributed by atoms with Gasteiger partial charge >= 0.3 is 0 Å². The number of fused-ring (bicyclic) bond motifs is 2. The molecule has 0 bridgehead atoms. The molecule has 9 heteroatoms. The molecule has 0 aromatic heterocycles. The summed E-state index contributed by atoms with van der Waals surface area (Å²) in [6, 6.07) is 7.06. The number of aliphatic hydroxyl groups excluding tert-OH is 5. The van der Waals surface area contributed by atoms with Gasteiger partial charge in [-0.25, -0.2) is 0 Å². The Morgan fingerprint density at radius 3 is 2.23 bits per heavy atom. The van der Waals surface area contributed by atoms with Crippen LogP contribution in [0, 0.1) is 0 Å². The van der Waals surface area contributed by atoms with E-state index >= 15 is 0 Å². The molecule has 0 amide bonds. The Balaban J connectivity index is 1.96. The molecular weight excluding hydrogens is 396 g/mol. The van der Waals surface area contributed by atoms with Crippen molar-refractivity contribution in [3.8, 4) is 11.5 Å². The summed E-state index contributed by atoms with van der Waals surface area (Å²) in [7, 11) is 0. The van der Waals surface area contributed by atoms with E-state index in [9.17, 15) is 40.5 Å². The molecule has 2 aromatic rings. The lowest BCUT2D eigenvalue weighted by atomic mass is 9.71. The van der Waals surface area contributed by atoms with Crippen molar-refractivity contribution < 1.29 is 45.3 Å². The summed E-state index contributed by atoms with van der Waals surface area (Å²) in [5.41, 5.74) is 0.609. The summed E-state index contributed by atoms with van der Waals surface area (Å²) in [6.07, 6.45) is -7.22. The van der Waals surface area contributed by atoms with E-state index in [2.05, 4.69) is 0 Å². The van der Waals surface area contributed by atoms with Gasteiger partial charge in [0.2, 0.25) is 5.78 Å². The van der Waals surface area contributed by atoms with Gasteiger partial charge in [0, 0.05) is 5.92 Å². The van der Waals surface area contributed by atoms with Gasteiger partial charge in [0.1, 0.15) is 35.9 Å². The maximum atomic E-state index is 13.1. The highest BCUT2D eigenvalue weighted by Crippen LogP contribution is 2.47. The van der Waals surface area contributed by atoms with Gasteiger partial charge in [-0.2, -0.15) is 0 Å². The minimum atomic E-state index is -1.64. The Labute approximate surface area is 171 Å². The molecule has 30 heavy (non-hydrogen) atoms. The maximum absolute atomic E-state index is 13.1. The monoisotopic (exact) mass is 418 g/mol. The Morgan fingerprint density at radius 1 is 0.867 bits per heavy atom. The van der Waals surface area contributed by atoms with Gasteiger partial charge in [-0.05, 0) is 28.8 Å². The number of aliphatic hydroxyl groups is 5. The van der Waals surface area contributed by atoms with E-state index in [1.54, 1.807) is 6.07 Å². The number of hydrogen-bond donors (Lipinski definition) is 7. The molecule has 0 saturated carbocycles. The number of phenols is 2. The largest absolute Gasteiger partial charge is 0.507 e. The zero-order valence-electron chi connectivity index (χ0n) is 15.7. The van der Waals surface area contributed by atoms with E-state index in [1.807, 2.05) is 0 Å². The van der Waals surface area contributed by atoms with E-state index in [1.165, 1.54) is 24.3 Å². The minimum Gasteiger partial charge on any atom is -0.507 e. The summed E-state index contributed by atoms with van der Waals surface area (Å²) in [5.74, 6) is -2.34. The fourth-order valence-electron chi connectivity index (χ4n) is 4.41. The second-order valence-electron chi connectivity index (χ2n) is 7.58. The van der Waals surface area contributed by atoms with Gasteiger partial charge in [0.15, 0.2) is 0 Å². The van der Waals surface area contributed by atoms with Crippen LogP contribution in [0.25, 0.3) is 0 Å². The molecule has 0 radical (unpaired) electrons. The fraction of sp³-hybridized carbons (Fsp3) is 0.381. The van der Waals surface area contributed by atoms with Crippen LogP contribution in [0.4, 0.5) is 0 Å². The van der Waals surface area contributed by atoms with Gasteiger partial charge in [0.25, 0.3) is 0 Å². The number of carbonyl (C=O) groups excluding carboxylic acids is 1. The van der Waals surface area contributed by atoms with Crippen LogP contribution in [-0.4, -0.2) is 78.7 Å². The van der Waals surface area contributed by atoms with Gasteiger partial charge in [-0.1, -0.05) is 18.2 Å². The zero-order valence-corrected chi connectivity index (χ0v) is 15.7. The van der Waals surface area contributed by atoms with E-state index in [0.29, 0.717) is 5.56 Å². The van der Waals surface area contributed by atoms with Crippen molar-refractivity contribution in [3.05, 3.63) is 58.1 Å². The normalized spacial score (nSPS) is 30.6. The van der Waals surface area contributed by atoms with Crippen molar-refractivity contribution in [2.24, 2.45) is 0 Å². The first-order chi connectivity index (χ1) is 14.3. The smallest absolute Gasteiger partial charge is 0.201 e. The van der Waals surface area contributed by atoms with Gasteiger partial charge < -0.3 is 40.5 Å². The maximum Gasteiger partial charge on any atom is 0.201 e. The highest BCUT2D eigenvalue weighted by atomic mass is 16.5. The number of rotatable bonds is 3. The number of benzene rings is 2. The predicted molar refractivity (Wildman–Crippen MR) is 101 cm³/mol. The van der Waals surface area contributed by atoms with E-state index in [-0.39, 0.29) is 28.0 Å². The number of phenolic OH excluding ortho intramolecular Hbond substituents is 2. The third kappa shape index (κ3) is 2.99. The zero-order chi connectivity index (χ0) is 21.7. The number of carbonyl (C=O) groups is 1. The molecule has 1 saturated heterocycles. The Morgan fingerprint density at radius 2 is 1.57 bits per heavy atom. The summed E-state index contributed by atoms with van der Waals surface area (Å²) in [6.45, 7) is -1.06. The fourth-order valence-corrected chi connectivity index (χ4v) is 4.41. The number of ketones is 1. The third-order valence-electron chi connectivity index (χ3n) is 5.85. The topological polar surface area (TPSA) is 168 Å². The van der Waals surface area contributed by atoms with Crippen molar-refractivity contribution in [1.29, 1.82) is 0 Å². The lowest BCUT2D eigenvalue weighted by Crippen LogP contribution is -2.60. The molecule has 0 unspecified atom stereocenters. The van der Waals surface area contributed by atoms with Crippen LogP contribution < -0.4 is 0 Å². The molecule has 0 spiro atoms. The van der Waals surface area contributed by atoms with Crippen molar-refractivity contribution in [3.63, 3.8) is 0 Å². The van der Waals surface area contributed by atoms with E-state index in [4.69, 9.17) is 4.74 Å². The van der Waals surface area contributed by atoms with Crippen LogP contribution in [0.5, 0.6) is 11.5 Å². The first kappa shape index (κ1) is 20.7. The summed E-state index contributed by atoms with van der Waals surface area (Å²) in [4.78, 5) is 13.1. The molecule has 1 fully saturated rings. The van der Waals surface area contributed by atoms with Crippen LogP contribution in [0.15, 0.2) is 30.3 Å². The number of hydrogen-bond acceptors (Lipinski definition) is 9. The van der Waals surface area contributed by atoms with Crippen LogP contribution >= 0.6 is 0 Å². The number of ether oxygens (including phenoxy) is 1. The summed E-state index contributed by atoms with van der Waals surface area (Å²) in [5, 5.41) is 71.0. The highest BCUT2D eigenvalue weighted by Gasteiger charge is 2.50. The average Bonchev–Trinajstić information content (AvgIpc) is 2.73. The molecule has 2 aliphatic rings. The molecule has 1 aliphatic heterocycles. The van der Waals surface area contributed by atoms with Crippen molar-refractivity contribution in [2.45, 2.75) is 43.0 Å². The third-order valence-corrected chi connectivity index (χ3v) is 5.85. The minimum absolute atomic E-state index is 0.0843. The van der Waals surface area contributed by atoms with Gasteiger partial charge in [-0.15, -0.1) is 0 Å². The Hall–Kier alpha value is -2.53. The first-order valence-electron chi connectivity index (χ1n) is 9.43. The SMILES string of the molecule is O=C1c2c(O)cccc2[C@H]([C@@H]2O[C@H](CO)[C@H](O)[C@@H](O)[C@@H]2O)c2cc(CO)cc(O)c21.